The Bertz CT molecular complexity index is 748. The minimum absolute atomic E-state index is 0.0915. The normalized spacial score (nSPS) is 18.0. The summed E-state index contributed by atoms with van der Waals surface area (Å²) < 4.78 is 10.7. The third-order valence-electron chi connectivity index (χ3n) is 4.97. The number of rotatable bonds is 7. The maximum atomic E-state index is 12.6. The minimum atomic E-state index is 0.0915. The fourth-order valence-electron chi connectivity index (χ4n) is 3.26. The number of aromatic nitrogens is 2. The van der Waals surface area contributed by atoms with Crippen molar-refractivity contribution in [1.82, 2.24) is 15.0 Å². The molecule has 25 heavy (non-hydrogen) atoms. The highest BCUT2D eigenvalue weighted by Gasteiger charge is 2.41. The maximum absolute atomic E-state index is 12.6. The molecule has 0 N–H and O–H groups in total. The van der Waals surface area contributed by atoms with Gasteiger partial charge < -0.3 is 14.2 Å². The molecule has 6 heteroatoms. The number of aryl methyl sites for hydroxylation is 1. The van der Waals surface area contributed by atoms with E-state index in [1.54, 1.807) is 6.92 Å². The molecule has 132 valence electrons. The highest BCUT2D eigenvalue weighted by atomic mass is 16.5. The summed E-state index contributed by atoms with van der Waals surface area (Å²) in [5.74, 6) is 2.54. The Labute approximate surface area is 147 Å². The Morgan fingerprint density at radius 3 is 2.56 bits per heavy atom. The summed E-state index contributed by atoms with van der Waals surface area (Å²) >= 11 is 0. The highest BCUT2D eigenvalue weighted by molar-refractivity contribution is 5.79. The lowest BCUT2D eigenvalue weighted by Gasteiger charge is -2.29. The summed E-state index contributed by atoms with van der Waals surface area (Å²) in [6, 6.07) is 8.17. The van der Waals surface area contributed by atoms with E-state index in [9.17, 15) is 4.79 Å². The van der Waals surface area contributed by atoms with E-state index >= 15 is 0 Å². The van der Waals surface area contributed by atoms with Crippen LogP contribution in [0.5, 0.6) is 5.75 Å². The summed E-state index contributed by atoms with van der Waals surface area (Å²) in [4.78, 5) is 18.9. The smallest absolute Gasteiger partial charge is 0.261 e. The summed E-state index contributed by atoms with van der Waals surface area (Å²) in [6.45, 7) is 4.03. The van der Waals surface area contributed by atoms with Crippen LogP contribution in [0.15, 0.2) is 28.8 Å². The molecule has 0 unspecified atom stereocenters. The Kier molecular flexibility index (Phi) is 4.19. The Hall–Kier alpha value is -2.37. The van der Waals surface area contributed by atoms with Gasteiger partial charge in [-0.3, -0.25) is 4.79 Å². The second-order valence-corrected chi connectivity index (χ2v) is 7.06. The van der Waals surface area contributed by atoms with Crippen molar-refractivity contribution in [3.05, 3.63) is 30.2 Å². The third kappa shape index (κ3) is 3.67. The van der Waals surface area contributed by atoms with Crippen molar-refractivity contribution in [3.63, 3.8) is 0 Å². The van der Waals surface area contributed by atoms with E-state index in [1.807, 2.05) is 24.3 Å². The van der Waals surface area contributed by atoms with Crippen LogP contribution in [-0.4, -0.2) is 39.6 Å². The quantitative estimate of drug-likeness (QED) is 0.773. The highest BCUT2D eigenvalue weighted by Crippen LogP contribution is 2.39. The molecule has 2 aliphatic rings. The van der Waals surface area contributed by atoms with Gasteiger partial charge in [0.25, 0.3) is 5.91 Å². The standard InChI is InChI=1S/C19H23N3O3/c1-12(14-3-4-14)22(16-7-8-16)18(23)11-24-17-9-5-15(6-10-17)19-20-13(2)25-21-19/h5-6,9-10,12,14,16H,3-4,7-8,11H2,1-2H3/t12-/m1/s1. The lowest BCUT2D eigenvalue weighted by Crippen LogP contribution is -2.44. The van der Waals surface area contributed by atoms with Crippen LogP contribution in [0.2, 0.25) is 0 Å². The molecule has 1 aromatic heterocycles. The lowest BCUT2D eigenvalue weighted by molar-refractivity contribution is -0.136. The molecule has 1 aromatic carbocycles. The van der Waals surface area contributed by atoms with Gasteiger partial charge >= 0.3 is 0 Å². The molecule has 6 nitrogen and oxygen atoms in total. The second kappa shape index (κ2) is 6.50. The SMILES string of the molecule is Cc1nc(-c2ccc(OCC(=O)N(C3CC3)[C@H](C)C3CC3)cc2)no1. The molecule has 0 radical (unpaired) electrons. The number of hydrogen-bond donors (Lipinski definition) is 0. The molecular formula is C19H23N3O3. The average Bonchev–Trinajstić information content (AvgIpc) is 3.52. The molecule has 1 amide bonds. The number of hydrogen-bond acceptors (Lipinski definition) is 5. The van der Waals surface area contributed by atoms with Gasteiger partial charge in [-0.05, 0) is 62.8 Å². The number of benzene rings is 1. The van der Waals surface area contributed by atoms with Gasteiger partial charge in [-0.1, -0.05) is 5.16 Å². The summed E-state index contributed by atoms with van der Waals surface area (Å²) in [6.07, 6.45) is 4.74. The first-order valence-corrected chi connectivity index (χ1v) is 8.96. The van der Waals surface area contributed by atoms with Crippen molar-refractivity contribution in [2.45, 2.75) is 51.6 Å². The Balaban J connectivity index is 1.36. The van der Waals surface area contributed by atoms with Crippen LogP contribution >= 0.6 is 0 Å². The van der Waals surface area contributed by atoms with Crippen LogP contribution in [-0.2, 0) is 4.79 Å². The first kappa shape index (κ1) is 16.1. The van der Waals surface area contributed by atoms with Crippen LogP contribution in [0.4, 0.5) is 0 Å². The zero-order valence-corrected chi connectivity index (χ0v) is 14.6. The van der Waals surface area contributed by atoms with Gasteiger partial charge in [0, 0.05) is 24.6 Å². The predicted molar refractivity (Wildman–Crippen MR) is 92.0 cm³/mol. The van der Waals surface area contributed by atoms with Crippen molar-refractivity contribution < 1.29 is 14.1 Å². The van der Waals surface area contributed by atoms with Crippen LogP contribution in [0, 0.1) is 12.8 Å². The van der Waals surface area contributed by atoms with Gasteiger partial charge in [-0.15, -0.1) is 0 Å². The minimum Gasteiger partial charge on any atom is -0.484 e. The molecule has 0 bridgehead atoms. The summed E-state index contributed by atoms with van der Waals surface area (Å²) in [7, 11) is 0. The first-order chi connectivity index (χ1) is 12.1. The second-order valence-electron chi connectivity index (χ2n) is 7.06. The monoisotopic (exact) mass is 341 g/mol. The third-order valence-corrected chi connectivity index (χ3v) is 4.97. The first-order valence-electron chi connectivity index (χ1n) is 8.96. The van der Waals surface area contributed by atoms with Crippen molar-refractivity contribution in [2.24, 2.45) is 5.92 Å². The van der Waals surface area contributed by atoms with Gasteiger partial charge in [0.15, 0.2) is 6.61 Å². The van der Waals surface area contributed by atoms with Gasteiger partial charge in [0.1, 0.15) is 5.75 Å². The lowest BCUT2D eigenvalue weighted by atomic mass is 10.1. The van der Waals surface area contributed by atoms with Crippen LogP contribution in [0.1, 0.15) is 38.5 Å². The van der Waals surface area contributed by atoms with Crippen LogP contribution < -0.4 is 4.74 Å². The molecular weight excluding hydrogens is 318 g/mol. The number of ether oxygens (including phenoxy) is 1. The van der Waals surface area contributed by atoms with E-state index in [2.05, 4.69) is 22.0 Å². The molecule has 0 saturated heterocycles. The number of amides is 1. The molecule has 0 aliphatic heterocycles. The zero-order chi connectivity index (χ0) is 17.4. The van der Waals surface area contributed by atoms with Crippen molar-refractivity contribution in [2.75, 3.05) is 6.61 Å². The van der Waals surface area contributed by atoms with Gasteiger partial charge in [-0.25, -0.2) is 0 Å². The zero-order valence-electron chi connectivity index (χ0n) is 14.6. The largest absolute Gasteiger partial charge is 0.484 e. The van der Waals surface area contributed by atoms with E-state index in [0.717, 1.165) is 18.4 Å². The van der Waals surface area contributed by atoms with E-state index in [0.29, 0.717) is 35.5 Å². The molecule has 4 rings (SSSR count). The Morgan fingerprint density at radius 1 is 1.28 bits per heavy atom. The molecule has 2 saturated carbocycles. The fraction of sp³-hybridized carbons (Fsp3) is 0.526. The average molecular weight is 341 g/mol. The number of carbonyl (C=O) groups is 1. The van der Waals surface area contributed by atoms with E-state index in [-0.39, 0.29) is 12.5 Å². The van der Waals surface area contributed by atoms with Crippen LogP contribution in [0.3, 0.4) is 0 Å². The molecule has 0 spiro atoms. The maximum Gasteiger partial charge on any atom is 0.261 e. The van der Waals surface area contributed by atoms with Gasteiger partial charge in [-0.2, -0.15) is 4.98 Å². The van der Waals surface area contributed by atoms with Gasteiger partial charge in [0.2, 0.25) is 11.7 Å². The molecule has 1 heterocycles. The van der Waals surface area contributed by atoms with Gasteiger partial charge in [0.05, 0.1) is 0 Å². The van der Waals surface area contributed by atoms with Crippen molar-refractivity contribution in [1.29, 1.82) is 0 Å². The number of carbonyl (C=O) groups excluding carboxylic acids is 1. The number of nitrogens with zero attached hydrogens (tertiary/aromatic N) is 3. The predicted octanol–water partition coefficient (Wildman–Crippen LogP) is 3.21. The van der Waals surface area contributed by atoms with Crippen molar-refractivity contribution >= 4 is 5.91 Å². The van der Waals surface area contributed by atoms with Crippen LogP contribution in [0.25, 0.3) is 11.4 Å². The van der Waals surface area contributed by atoms with E-state index in [1.165, 1.54) is 12.8 Å². The molecule has 2 fully saturated rings. The Morgan fingerprint density at radius 2 is 2.00 bits per heavy atom. The van der Waals surface area contributed by atoms with Crippen molar-refractivity contribution in [3.8, 4) is 17.1 Å². The topological polar surface area (TPSA) is 68.5 Å². The molecule has 2 aliphatic carbocycles. The van der Waals surface area contributed by atoms with E-state index in [4.69, 9.17) is 9.26 Å². The fourth-order valence-corrected chi connectivity index (χ4v) is 3.26. The summed E-state index contributed by atoms with van der Waals surface area (Å²) in [5, 5.41) is 3.89. The van der Waals surface area contributed by atoms with E-state index < -0.39 is 0 Å². The molecule has 1 atom stereocenters. The molecule has 2 aromatic rings. The summed E-state index contributed by atoms with van der Waals surface area (Å²) in [5.41, 5.74) is 0.859.